The molecule has 1 aromatic heterocycles. The zero-order valence-electron chi connectivity index (χ0n) is 10.7. The van der Waals surface area contributed by atoms with E-state index in [9.17, 15) is 4.79 Å². The number of carbonyl (C=O) groups excluding carboxylic acids is 1. The summed E-state index contributed by atoms with van der Waals surface area (Å²) in [5.74, 6) is 0.810. The highest BCUT2D eigenvalue weighted by atomic mass is 79.9. The maximum absolute atomic E-state index is 11.2. The maximum atomic E-state index is 11.2. The summed E-state index contributed by atoms with van der Waals surface area (Å²) in [4.78, 5) is 11.2. The molecule has 0 amide bonds. The second-order valence-corrected chi connectivity index (χ2v) is 5.23. The van der Waals surface area contributed by atoms with E-state index in [1.807, 2.05) is 12.1 Å². The van der Waals surface area contributed by atoms with Crippen LogP contribution in [0.1, 0.15) is 12.7 Å². The maximum Gasteiger partial charge on any atom is 0.330 e. The van der Waals surface area contributed by atoms with Gasteiger partial charge in [0.1, 0.15) is 11.5 Å². The zero-order valence-corrected chi connectivity index (χ0v) is 13.1. The number of rotatable bonds is 4. The highest BCUT2D eigenvalue weighted by Crippen LogP contribution is 2.31. The van der Waals surface area contributed by atoms with E-state index in [1.54, 1.807) is 31.2 Å². The third kappa shape index (κ3) is 3.74. The summed E-state index contributed by atoms with van der Waals surface area (Å²) >= 11 is 9.51. The van der Waals surface area contributed by atoms with E-state index in [1.165, 1.54) is 6.08 Å². The normalized spacial score (nSPS) is 10.9. The molecule has 0 unspecified atom stereocenters. The van der Waals surface area contributed by atoms with Crippen molar-refractivity contribution in [2.75, 3.05) is 6.61 Å². The van der Waals surface area contributed by atoms with Crippen molar-refractivity contribution in [1.82, 2.24) is 0 Å². The van der Waals surface area contributed by atoms with E-state index in [0.717, 1.165) is 10.0 Å². The number of ether oxygens (including phenoxy) is 1. The van der Waals surface area contributed by atoms with Gasteiger partial charge in [0.15, 0.2) is 0 Å². The van der Waals surface area contributed by atoms with E-state index in [-0.39, 0.29) is 0 Å². The molecule has 0 radical (unpaired) electrons. The molecule has 0 saturated carbocycles. The van der Waals surface area contributed by atoms with Gasteiger partial charge in [0.05, 0.1) is 11.6 Å². The van der Waals surface area contributed by atoms with Crippen LogP contribution in [0.25, 0.3) is 17.4 Å². The SMILES string of the molecule is CCOC(=O)C=Cc1ccc(-c2ccc(Br)cc2Cl)o1. The molecule has 0 fully saturated rings. The first-order valence-corrected chi connectivity index (χ1v) is 7.17. The first-order valence-electron chi connectivity index (χ1n) is 6.00. The number of esters is 1. The van der Waals surface area contributed by atoms with Gasteiger partial charge in [-0.2, -0.15) is 0 Å². The minimum absolute atomic E-state index is 0.348. The molecular weight excluding hydrogens is 344 g/mol. The molecule has 2 rings (SSSR count). The van der Waals surface area contributed by atoms with E-state index < -0.39 is 5.97 Å². The lowest BCUT2D eigenvalue weighted by molar-refractivity contribution is -0.137. The van der Waals surface area contributed by atoms with Crippen molar-refractivity contribution in [2.24, 2.45) is 0 Å². The molecule has 0 aliphatic rings. The predicted molar refractivity (Wildman–Crippen MR) is 82.5 cm³/mol. The van der Waals surface area contributed by atoms with Gasteiger partial charge >= 0.3 is 5.97 Å². The topological polar surface area (TPSA) is 39.4 Å². The van der Waals surface area contributed by atoms with Gasteiger partial charge < -0.3 is 9.15 Å². The summed E-state index contributed by atoms with van der Waals surface area (Å²) < 4.78 is 11.3. The molecule has 20 heavy (non-hydrogen) atoms. The van der Waals surface area contributed by atoms with E-state index >= 15 is 0 Å². The second-order valence-electron chi connectivity index (χ2n) is 3.91. The second kappa shape index (κ2) is 6.77. The molecule has 3 nitrogen and oxygen atoms in total. The highest BCUT2D eigenvalue weighted by Gasteiger charge is 2.08. The zero-order chi connectivity index (χ0) is 14.5. The van der Waals surface area contributed by atoms with Crippen molar-refractivity contribution in [3.8, 4) is 11.3 Å². The summed E-state index contributed by atoms with van der Waals surface area (Å²) in [6.07, 6.45) is 2.89. The Morgan fingerprint density at radius 2 is 2.20 bits per heavy atom. The molecule has 0 saturated heterocycles. The Hall–Kier alpha value is -1.52. The fourth-order valence-electron chi connectivity index (χ4n) is 1.62. The Bertz CT molecular complexity index is 646. The third-order valence-electron chi connectivity index (χ3n) is 2.49. The standard InChI is InChI=1S/C15H12BrClO3/c1-2-19-15(18)8-5-11-4-7-14(20-11)12-6-3-10(16)9-13(12)17/h3-9H,2H2,1H3. The quantitative estimate of drug-likeness (QED) is 0.576. The van der Waals surface area contributed by atoms with Gasteiger partial charge in [0.2, 0.25) is 0 Å². The van der Waals surface area contributed by atoms with Crippen molar-refractivity contribution in [3.63, 3.8) is 0 Å². The number of halogens is 2. The van der Waals surface area contributed by atoms with Crippen LogP contribution < -0.4 is 0 Å². The van der Waals surface area contributed by atoms with E-state index in [0.29, 0.717) is 23.2 Å². The van der Waals surface area contributed by atoms with Gasteiger partial charge in [-0.05, 0) is 43.3 Å². The summed E-state index contributed by atoms with van der Waals surface area (Å²) in [6.45, 7) is 2.10. The average Bonchev–Trinajstić information content (AvgIpc) is 2.85. The molecule has 0 bridgehead atoms. The lowest BCUT2D eigenvalue weighted by Crippen LogP contribution is -1.98. The molecule has 0 aliphatic carbocycles. The Balaban J connectivity index is 2.18. The van der Waals surface area contributed by atoms with Crippen LogP contribution in [-0.2, 0) is 9.53 Å². The average molecular weight is 356 g/mol. The Labute approximate surface area is 130 Å². The van der Waals surface area contributed by atoms with Gasteiger partial charge in [-0.3, -0.25) is 0 Å². The fourth-order valence-corrected chi connectivity index (χ4v) is 2.38. The molecule has 5 heteroatoms. The van der Waals surface area contributed by atoms with Gasteiger partial charge in [0.25, 0.3) is 0 Å². The van der Waals surface area contributed by atoms with Crippen LogP contribution in [-0.4, -0.2) is 12.6 Å². The Morgan fingerprint density at radius 1 is 1.40 bits per heavy atom. The number of hydrogen-bond acceptors (Lipinski definition) is 3. The van der Waals surface area contributed by atoms with Crippen LogP contribution in [0.15, 0.2) is 45.3 Å². The number of carbonyl (C=O) groups is 1. The van der Waals surface area contributed by atoms with Crippen molar-refractivity contribution < 1.29 is 13.9 Å². The first kappa shape index (κ1) is 14.9. The Morgan fingerprint density at radius 3 is 2.90 bits per heavy atom. The lowest BCUT2D eigenvalue weighted by atomic mass is 10.2. The molecule has 104 valence electrons. The molecular formula is C15H12BrClO3. The molecule has 0 spiro atoms. The van der Waals surface area contributed by atoms with Gasteiger partial charge in [0, 0.05) is 16.1 Å². The summed E-state index contributed by atoms with van der Waals surface area (Å²) in [6, 6.07) is 9.12. The molecule has 0 aliphatic heterocycles. The molecule has 2 aromatic rings. The minimum Gasteiger partial charge on any atom is -0.463 e. The molecule has 0 N–H and O–H groups in total. The molecule has 1 heterocycles. The monoisotopic (exact) mass is 354 g/mol. The van der Waals surface area contributed by atoms with Crippen LogP contribution in [0.2, 0.25) is 5.02 Å². The van der Waals surface area contributed by atoms with Gasteiger partial charge in [-0.15, -0.1) is 0 Å². The fraction of sp³-hybridized carbons (Fsp3) is 0.133. The van der Waals surface area contributed by atoms with Crippen LogP contribution in [0, 0.1) is 0 Å². The van der Waals surface area contributed by atoms with E-state index in [2.05, 4.69) is 15.9 Å². The summed E-state index contributed by atoms with van der Waals surface area (Å²) in [7, 11) is 0. The predicted octanol–water partition coefficient (Wildman–Crippen LogP) is 4.94. The van der Waals surface area contributed by atoms with E-state index in [4.69, 9.17) is 20.8 Å². The lowest BCUT2D eigenvalue weighted by Gasteiger charge is -2.00. The molecule has 0 atom stereocenters. The Kier molecular flexibility index (Phi) is 5.04. The van der Waals surface area contributed by atoms with Gasteiger partial charge in [-0.1, -0.05) is 27.5 Å². The third-order valence-corrected chi connectivity index (χ3v) is 3.30. The number of hydrogen-bond donors (Lipinski definition) is 0. The summed E-state index contributed by atoms with van der Waals surface area (Å²) in [5, 5.41) is 0.592. The largest absolute Gasteiger partial charge is 0.463 e. The van der Waals surface area contributed by atoms with Crippen molar-refractivity contribution >= 4 is 39.6 Å². The minimum atomic E-state index is -0.396. The smallest absolute Gasteiger partial charge is 0.330 e. The van der Waals surface area contributed by atoms with Crippen molar-refractivity contribution in [2.45, 2.75) is 6.92 Å². The van der Waals surface area contributed by atoms with Crippen LogP contribution >= 0.6 is 27.5 Å². The molecule has 1 aromatic carbocycles. The number of furan rings is 1. The van der Waals surface area contributed by atoms with Crippen LogP contribution in [0.4, 0.5) is 0 Å². The van der Waals surface area contributed by atoms with Crippen molar-refractivity contribution in [1.29, 1.82) is 0 Å². The van der Waals surface area contributed by atoms with Gasteiger partial charge in [-0.25, -0.2) is 4.79 Å². The highest BCUT2D eigenvalue weighted by molar-refractivity contribution is 9.10. The van der Waals surface area contributed by atoms with Crippen LogP contribution in [0.3, 0.4) is 0 Å². The summed E-state index contributed by atoms with van der Waals surface area (Å²) in [5.41, 5.74) is 0.797. The number of benzene rings is 1. The van der Waals surface area contributed by atoms with Crippen LogP contribution in [0.5, 0.6) is 0 Å². The first-order chi connectivity index (χ1) is 9.60. The van der Waals surface area contributed by atoms with Crippen molar-refractivity contribution in [3.05, 3.63) is 51.7 Å².